The van der Waals surface area contributed by atoms with Crippen LogP contribution in [0.15, 0.2) is 54.6 Å². The van der Waals surface area contributed by atoms with Gasteiger partial charge in [-0.1, -0.05) is 61.9 Å². The van der Waals surface area contributed by atoms with Gasteiger partial charge in [0.1, 0.15) is 6.04 Å². The van der Waals surface area contributed by atoms with E-state index in [1.807, 2.05) is 63.2 Å². The molecule has 0 radical (unpaired) electrons. The van der Waals surface area contributed by atoms with Crippen molar-refractivity contribution >= 4 is 17.7 Å². The first-order valence-electron chi connectivity index (χ1n) is 7.95. The molecule has 128 valence electrons. The van der Waals surface area contributed by atoms with Crippen molar-refractivity contribution in [2.75, 3.05) is 5.32 Å². The van der Waals surface area contributed by atoms with Crippen LogP contribution in [0.4, 0.5) is 10.5 Å². The zero-order valence-corrected chi connectivity index (χ0v) is 14.2. The number of carbonyl (C=O) groups excluding carboxylic acids is 1. The van der Waals surface area contributed by atoms with Crippen molar-refractivity contribution in [3.63, 3.8) is 0 Å². The molecule has 0 aliphatic rings. The highest BCUT2D eigenvalue weighted by Crippen LogP contribution is 2.09. The molecule has 0 fully saturated rings. The van der Waals surface area contributed by atoms with E-state index in [4.69, 9.17) is 0 Å². The molecule has 0 aliphatic heterocycles. The smallest absolute Gasteiger partial charge is 0.326 e. The SMILES string of the molecule is CC.Cc1ccc(NC(=O)NC(Cc2ccccc2)C(=O)O)cc1. The second-order valence-electron chi connectivity index (χ2n) is 5.05. The van der Waals surface area contributed by atoms with Gasteiger partial charge in [0.25, 0.3) is 0 Å². The van der Waals surface area contributed by atoms with Crippen molar-refractivity contribution in [1.82, 2.24) is 5.32 Å². The summed E-state index contributed by atoms with van der Waals surface area (Å²) in [5.74, 6) is -1.07. The lowest BCUT2D eigenvalue weighted by Crippen LogP contribution is -2.44. The summed E-state index contributed by atoms with van der Waals surface area (Å²) in [6, 6.07) is 14.9. The Hall–Kier alpha value is -2.82. The number of urea groups is 1. The first-order valence-corrected chi connectivity index (χ1v) is 7.95. The number of nitrogens with one attached hydrogen (secondary N) is 2. The standard InChI is InChI=1S/C17H18N2O3.C2H6/c1-12-7-9-14(10-8-12)18-17(22)19-15(16(20)21)11-13-5-3-2-4-6-13;1-2/h2-10,15H,11H2,1H3,(H,20,21)(H2,18,19,22);1-2H3. The first-order chi connectivity index (χ1) is 11.5. The Labute approximate surface area is 142 Å². The highest BCUT2D eigenvalue weighted by Gasteiger charge is 2.20. The quantitative estimate of drug-likeness (QED) is 0.780. The minimum Gasteiger partial charge on any atom is -0.480 e. The van der Waals surface area contributed by atoms with Gasteiger partial charge in [0, 0.05) is 12.1 Å². The van der Waals surface area contributed by atoms with Crippen molar-refractivity contribution in [2.45, 2.75) is 33.2 Å². The van der Waals surface area contributed by atoms with Crippen LogP contribution in [0.25, 0.3) is 0 Å². The second kappa shape index (κ2) is 10.0. The maximum atomic E-state index is 11.9. The summed E-state index contributed by atoms with van der Waals surface area (Å²) in [7, 11) is 0. The van der Waals surface area contributed by atoms with E-state index in [0.717, 1.165) is 11.1 Å². The van der Waals surface area contributed by atoms with Crippen molar-refractivity contribution in [1.29, 1.82) is 0 Å². The summed E-state index contributed by atoms with van der Waals surface area (Å²) in [6.45, 7) is 5.95. The van der Waals surface area contributed by atoms with Gasteiger partial charge >= 0.3 is 12.0 Å². The van der Waals surface area contributed by atoms with Crippen LogP contribution < -0.4 is 10.6 Å². The van der Waals surface area contributed by atoms with Crippen molar-refractivity contribution in [2.24, 2.45) is 0 Å². The van der Waals surface area contributed by atoms with Gasteiger partial charge in [-0.2, -0.15) is 0 Å². The molecule has 5 nitrogen and oxygen atoms in total. The zero-order chi connectivity index (χ0) is 17.9. The number of hydrogen-bond acceptors (Lipinski definition) is 2. The van der Waals surface area contributed by atoms with Gasteiger partial charge < -0.3 is 15.7 Å². The lowest BCUT2D eigenvalue weighted by molar-refractivity contribution is -0.139. The summed E-state index contributed by atoms with van der Waals surface area (Å²) >= 11 is 0. The van der Waals surface area contributed by atoms with Crippen molar-refractivity contribution in [3.8, 4) is 0 Å². The van der Waals surface area contributed by atoms with E-state index in [1.165, 1.54) is 0 Å². The van der Waals surface area contributed by atoms with Gasteiger partial charge in [-0.15, -0.1) is 0 Å². The third-order valence-electron chi connectivity index (χ3n) is 3.20. The van der Waals surface area contributed by atoms with Crippen molar-refractivity contribution in [3.05, 3.63) is 65.7 Å². The molecule has 0 saturated carbocycles. The molecule has 0 saturated heterocycles. The lowest BCUT2D eigenvalue weighted by atomic mass is 10.1. The molecule has 0 bridgehead atoms. The maximum Gasteiger partial charge on any atom is 0.326 e. The summed E-state index contributed by atoms with van der Waals surface area (Å²) in [6.07, 6.45) is 0.234. The van der Waals surface area contributed by atoms with Crippen LogP contribution in [0.5, 0.6) is 0 Å². The van der Waals surface area contributed by atoms with Crippen LogP contribution in [0.3, 0.4) is 0 Å². The van der Waals surface area contributed by atoms with E-state index < -0.39 is 18.0 Å². The zero-order valence-electron chi connectivity index (χ0n) is 14.2. The first kappa shape index (κ1) is 19.2. The van der Waals surface area contributed by atoms with Crippen LogP contribution in [0.2, 0.25) is 0 Å². The topological polar surface area (TPSA) is 78.4 Å². The predicted molar refractivity (Wildman–Crippen MR) is 96.3 cm³/mol. The molecule has 3 N–H and O–H groups in total. The predicted octanol–water partition coefficient (Wildman–Crippen LogP) is 3.84. The molecule has 1 unspecified atom stereocenters. The van der Waals surface area contributed by atoms with E-state index in [-0.39, 0.29) is 6.42 Å². The summed E-state index contributed by atoms with van der Waals surface area (Å²) in [4.78, 5) is 23.2. The third-order valence-corrected chi connectivity index (χ3v) is 3.20. The second-order valence-corrected chi connectivity index (χ2v) is 5.05. The largest absolute Gasteiger partial charge is 0.480 e. The van der Waals surface area contributed by atoms with Crippen LogP contribution in [-0.2, 0) is 11.2 Å². The van der Waals surface area contributed by atoms with Crippen LogP contribution in [-0.4, -0.2) is 23.1 Å². The Morgan fingerprint density at radius 3 is 2.12 bits per heavy atom. The fourth-order valence-corrected chi connectivity index (χ4v) is 2.01. The fourth-order valence-electron chi connectivity index (χ4n) is 2.01. The summed E-state index contributed by atoms with van der Waals surface area (Å²) < 4.78 is 0. The highest BCUT2D eigenvalue weighted by atomic mass is 16.4. The Kier molecular flexibility index (Phi) is 8.05. The number of carbonyl (C=O) groups is 2. The molecule has 2 rings (SSSR count). The van der Waals surface area contributed by atoms with Gasteiger partial charge in [0.2, 0.25) is 0 Å². The number of carboxylic acid groups (broad SMARTS) is 1. The van der Waals surface area contributed by atoms with Crippen LogP contribution in [0, 0.1) is 6.92 Å². The normalized spacial score (nSPS) is 10.8. The number of anilines is 1. The number of benzene rings is 2. The van der Waals surface area contributed by atoms with E-state index >= 15 is 0 Å². The number of hydrogen-bond donors (Lipinski definition) is 3. The molecule has 5 heteroatoms. The average molecular weight is 328 g/mol. The molecule has 1 atom stereocenters. The maximum absolute atomic E-state index is 11.9. The number of aliphatic carboxylic acids is 1. The molecule has 0 spiro atoms. The Balaban J connectivity index is 0.00000139. The van der Waals surface area contributed by atoms with Gasteiger partial charge in [-0.25, -0.2) is 9.59 Å². The van der Waals surface area contributed by atoms with Gasteiger partial charge in [-0.3, -0.25) is 0 Å². The van der Waals surface area contributed by atoms with Crippen molar-refractivity contribution < 1.29 is 14.7 Å². The van der Waals surface area contributed by atoms with Crippen LogP contribution in [0.1, 0.15) is 25.0 Å². The minimum atomic E-state index is -1.07. The molecule has 0 aliphatic carbocycles. The fraction of sp³-hybridized carbons (Fsp3) is 0.263. The van der Waals surface area contributed by atoms with Crippen LogP contribution >= 0.6 is 0 Å². The molecule has 24 heavy (non-hydrogen) atoms. The lowest BCUT2D eigenvalue weighted by Gasteiger charge is -2.15. The molecular formula is C19H24N2O3. The highest BCUT2D eigenvalue weighted by molar-refractivity contribution is 5.92. The average Bonchev–Trinajstić information content (AvgIpc) is 2.59. The van der Waals surface area contributed by atoms with Gasteiger partial charge in [0.15, 0.2) is 0 Å². The third kappa shape index (κ3) is 6.52. The Bertz CT molecular complexity index is 639. The minimum absolute atomic E-state index is 0.234. The Morgan fingerprint density at radius 2 is 1.58 bits per heavy atom. The molecule has 2 aromatic carbocycles. The van der Waals surface area contributed by atoms with E-state index in [1.54, 1.807) is 12.1 Å². The molecule has 2 amide bonds. The molecule has 2 aromatic rings. The number of amides is 2. The summed E-state index contributed by atoms with van der Waals surface area (Å²) in [5.41, 5.74) is 2.55. The number of rotatable bonds is 5. The van der Waals surface area contributed by atoms with E-state index in [2.05, 4.69) is 10.6 Å². The molecular weight excluding hydrogens is 304 g/mol. The molecule has 0 aromatic heterocycles. The summed E-state index contributed by atoms with van der Waals surface area (Å²) in [5, 5.41) is 14.3. The van der Waals surface area contributed by atoms with E-state index in [9.17, 15) is 14.7 Å². The number of aryl methyl sites for hydroxylation is 1. The number of carboxylic acids is 1. The monoisotopic (exact) mass is 328 g/mol. The van der Waals surface area contributed by atoms with E-state index in [0.29, 0.717) is 5.69 Å². The van der Waals surface area contributed by atoms with Gasteiger partial charge in [0.05, 0.1) is 0 Å². The van der Waals surface area contributed by atoms with Gasteiger partial charge in [-0.05, 0) is 24.6 Å². The molecule has 0 heterocycles. The Morgan fingerprint density at radius 1 is 1.00 bits per heavy atom.